The molecule has 0 saturated heterocycles. The zero-order chi connectivity index (χ0) is 5.54. The molecule has 0 saturated carbocycles. The molecule has 0 heterocycles. The summed E-state index contributed by atoms with van der Waals surface area (Å²) in [6.07, 6.45) is 4.78. The molecule has 42 valence electrons. The van der Waals surface area contributed by atoms with Crippen molar-refractivity contribution in [2.75, 3.05) is 7.11 Å². The first-order valence-corrected chi connectivity index (χ1v) is 2.35. The SMILES string of the molecule is CC/C=C\NOC. The van der Waals surface area contributed by atoms with Gasteiger partial charge in [0, 0.05) is 6.20 Å². The quantitative estimate of drug-likeness (QED) is 0.537. The summed E-state index contributed by atoms with van der Waals surface area (Å²) < 4.78 is 0. The van der Waals surface area contributed by atoms with E-state index in [0.29, 0.717) is 0 Å². The fourth-order valence-electron chi connectivity index (χ4n) is 0.234. The first-order chi connectivity index (χ1) is 3.41. The minimum Gasteiger partial charge on any atom is -0.280 e. The molecule has 0 bridgehead atoms. The number of hydrogen-bond donors (Lipinski definition) is 1. The minimum absolute atomic E-state index is 1.04. The van der Waals surface area contributed by atoms with Crippen LogP contribution >= 0.6 is 0 Å². The molecule has 0 unspecified atom stereocenters. The molecular formula is C5H11NO. The van der Waals surface area contributed by atoms with Gasteiger partial charge in [0.25, 0.3) is 0 Å². The third-order valence-electron chi connectivity index (χ3n) is 0.539. The van der Waals surface area contributed by atoms with Gasteiger partial charge in [-0.3, -0.25) is 10.3 Å². The van der Waals surface area contributed by atoms with Crippen LogP contribution in [0.1, 0.15) is 13.3 Å². The molecule has 0 aliphatic carbocycles. The van der Waals surface area contributed by atoms with Crippen LogP contribution in [0, 0.1) is 0 Å². The summed E-state index contributed by atoms with van der Waals surface area (Å²) in [7, 11) is 1.58. The summed E-state index contributed by atoms with van der Waals surface area (Å²) in [5.74, 6) is 0. The fourth-order valence-corrected chi connectivity index (χ4v) is 0.234. The Balaban J connectivity index is 2.78. The highest BCUT2D eigenvalue weighted by atomic mass is 16.6. The number of hydroxylamine groups is 1. The molecule has 0 radical (unpaired) electrons. The maximum Gasteiger partial charge on any atom is 0.0636 e. The van der Waals surface area contributed by atoms with Crippen LogP contribution in [-0.2, 0) is 4.84 Å². The standard InChI is InChI=1S/C5H11NO/c1-3-4-5-6-7-2/h4-6H,3H2,1-2H3/b5-4-. The van der Waals surface area contributed by atoms with E-state index in [2.05, 4.69) is 17.2 Å². The van der Waals surface area contributed by atoms with Crippen molar-refractivity contribution in [3.8, 4) is 0 Å². The van der Waals surface area contributed by atoms with Crippen LogP contribution in [0.25, 0.3) is 0 Å². The van der Waals surface area contributed by atoms with Crippen molar-refractivity contribution >= 4 is 0 Å². The van der Waals surface area contributed by atoms with Gasteiger partial charge in [-0.1, -0.05) is 13.0 Å². The van der Waals surface area contributed by atoms with Gasteiger partial charge in [-0.25, -0.2) is 0 Å². The Morgan fingerprint density at radius 2 is 2.43 bits per heavy atom. The average molecular weight is 101 g/mol. The lowest BCUT2D eigenvalue weighted by atomic mass is 10.5. The van der Waals surface area contributed by atoms with Crippen LogP contribution < -0.4 is 5.48 Å². The van der Waals surface area contributed by atoms with Crippen LogP contribution in [-0.4, -0.2) is 7.11 Å². The van der Waals surface area contributed by atoms with Crippen molar-refractivity contribution in [1.29, 1.82) is 0 Å². The van der Waals surface area contributed by atoms with E-state index in [0.717, 1.165) is 6.42 Å². The molecule has 0 rings (SSSR count). The Hall–Kier alpha value is -0.500. The van der Waals surface area contributed by atoms with Gasteiger partial charge in [0.2, 0.25) is 0 Å². The third kappa shape index (κ3) is 5.50. The summed E-state index contributed by atoms with van der Waals surface area (Å²) in [6, 6.07) is 0. The van der Waals surface area contributed by atoms with Gasteiger partial charge < -0.3 is 0 Å². The van der Waals surface area contributed by atoms with E-state index >= 15 is 0 Å². The van der Waals surface area contributed by atoms with E-state index in [1.165, 1.54) is 0 Å². The first kappa shape index (κ1) is 6.50. The van der Waals surface area contributed by atoms with E-state index in [-0.39, 0.29) is 0 Å². The van der Waals surface area contributed by atoms with Crippen molar-refractivity contribution in [3.63, 3.8) is 0 Å². The Morgan fingerprint density at radius 1 is 1.71 bits per heavy atom. The molecule has 2 heteroatoms. The summed E-state index contributed by atoms with van der Waals surface area (Å²) in [6.45, 7) is 2.06. The Bertz CT molecular complexity index is 52.0. The number of hydrogen-bond acceptors (Lipinski definition) is 2. The number of nitrogens with one attached hydrogen (secondary N) is 1. The van der Waals surface area contributed by atoms with E-state index in [1.54, 1.807) is 13.3 Å². The van der Waals surface area contributed by atoms with Crippen molar-refractivity contribution in [2.45, 2.75) is 13.3 Å². The lowest BCUT2D eigenvalue weighted by molar-refractivity contribution is 0.128. The molecule has 0 aromatic carbocycles. The minimum atomic E-state index is 1.04. The summed E-state index contributed by atoms with van der Waals surface area (Å²) in [5.41, 5.74) is 2.57. The maximum absolute atomic E-state index is 4.51. The molecule has 7 heavy (non-hydrogen) atoms. The second kappa shape index (κ2) is 5.50. The predicted octanol–water partition coefficient (Wildman–Crippen LogP) is 1.06. The lowest BCUT2D eigenvalue weighted by Crippen LogP contribution is -1.99. The van der Waals surface area contributed by atoms with Crippen molar-refractivity contribution in [2.24, 2.45) is 0 Å². The normalized spacial score (nSPS) is 10.0. The molecular weight excluding hydrogens is 90.1 g/mol. The molecule has 0 spiro atoms. The van der Waals surface area contributed by atoms with E-state index in [9.17, 15) is 0 Å². The number of rotatable bonds is 3. The summed E-state index contributed by atoms with van der Waals surface area (Å²) >= 11 is 0. The molecule has 0 amide bonds. The fraction of sp³-hybridized carbons (Fsp3) is 0.600. The monoisotopic (exact) mass is 101 g/mol. The first-order valence-electron chi connectivity index (χ1n) is 2.35. The van der Waals surface area contributed by atoms with Gasteiger partial charge in [-0.2, -0.15) is 0 Å². The van der Waals surface area contributed by atoms with E-state index < -0.39 is 0 Å². The van der Waals surface area contributed by atoms with Gasteiger partial charge in [0.15, 0.2) is 0 Å². The molecule has 0 atom stereocenters. The van der Waals surface area contributed by atoms with Gasteiger partial charge in [0.1, 0.15) is 0 Å². The predicted molar refractivity (Wildman–Crippen MR) is 29.6 cm³/mol. The van der Waals surface area contributed by atoms with Crippen LogP contribution in [0.2, 0.25) is 0 Å². The van der Waals surface area contributed by atoms with E-state index in [4.69, 9.17) is 0 Å². The Labute approximate surface area is 44.1 Å². The largest absolute Gasteiger partial charge is 0.280 e. The van der Waals surface area contributed by atoms with Gasteiger partial charge in [-0.15, -0.1) is 0 Å². The summed E-state index contributed by atoms with van der Waals surface area (Å²) in [4.78, 5) is 4.51. The smallest absolute Gasteiger partial charge is 0.0636 e. The lowest BCUT2D eigenvalue weighted by Gasteiger charge is -1.89. The Morgan fingerprint density at radius 3 is 2.86 bits per heavy atom. The van der Waals surface area contributed by atoms with Gasteiger partial charge in [-0.05, 0) is 6.42 Å². The zero-order valence-electron chi connectivity index (χ0n) is 4.77. The van der Waals surface area contributed by atoms with E-state index in [1.807, 2.05) is 6.08 Å². The van der Waals surface area contributed by atoms with Gasteiger partial charge >= 0.3 is 0 Å². The molecule has 0 aromatic heterocycles. The molecule has 0 fully saturated rings. The highest BCUT2D eigenvalue weighted by molar-refractivity contribution is 4.73. The van der Waals surface area contributed by atoms with Crippen molar-refractivity contribution in [3.05, 3.63) is 12.3 Å². The van der Waals surface area contributed by atoms with Gasteiger partial charge in [0.05, 0.1) is 7.11 Å². The third-order valence-corrected chi connectivity index (χ3v) is 0.539. The molecule has 0 aliphatic rings. The molecule has 0 aromatic rings. The van der Waals surface area contributed by atoms with Crippen LogP contribution in [0.15, 0.2) is 12.3 Å². The molecule has 1 N–H and O–H groups in total. The number of allylic oxidation sites excluding steroid dienone is 1. The topological polar surface area (TPSA) is 21.3 Å². The van der Waals surface area contributed by atoms with Crippen molar-refractivity contribution < 1.29 is 4.84 Å². The maximum atomic E-state index is 4.51. The Kier molecular flexibility index (Phi) is 5.11. The zero-order valence-corrected chi connectivity index (χ0v) is 4.77. The average Bonchev–Trinajstić information content (AvgIpc) is 1.69. The van der Waals surface area contributed by atoms with Crippen LogP contribution in [0.3, 0.4) is 0 Å². The highest BCUT2D eigenvalue weighted by Crippen LogP contribution is 1.73. The van der Waals surface area contributed by atoms with Crippen LogP contribution in [0.4, 0.5) is 0 Å². The highest BCUT2D eigenvalue weighted by Gasteiger charge is 1.62. The molecule has 0 aliphatic heterocycles. The second-order valence-electron chi connectivity index (χ2n) is 1.13. The summed E-state index contributed by atoms with van der Waals surface area (Å²) in [5, 5.41) is 0. The van der Waals surface area contributed by atoms with Crippen molar-refractivity contribution in [1.82, 2.24) is 5.48 Å². The van der Waals surface area contributed by atoms with Crippen LogP contribution in [0.5, 0.6) is 0 Å². The molecule has 2 nitrogen and oxygen atoms in total. The second-order valence-corrected chi connectivity index (χ2v) is 1.13.